The molecule has 4 nitrogen and oxygen atoms in total. The second-order valence-electron chi connectivity index (χ2n) is 6.78. The number of anilines is 1. The van der Waals surface area contributed by atoms with Gasteiger partial charge in [-0.05, 0) is 37.3 Å². The third-order valence-electron chi connectivity index (χ3n) is 2.59. The number of amides is 1. The van der Waals surface area contributed by atoms with Gasteiger partial charge in [-0.1, -0.05) is 20.8 Å². The summed E-state index contributed by atoms with van der Waals surface area (Å²) < 4.78 is 0. The van der Waals surface area contributed by atoms with E-state index in [1.54, 1.807) is 0 Å². The van der Waals surface area contributed by atoms with E-state index in [0.717, 1.165) is 11.4 Å². The molecule has 1 aromatic heterocycles. The summed E-state index contributed by atoms with van der Waals surface area (Å²) in [6.07, 6.45) is 6.79. The summed E-state index contributed by atoms with van der Waals surface area (Å²) in [5.41, 5.74) is 1.68. The Balaban J connectivity index is 2.94. The highest BCUT2D eigenvalue weighted by Gasteiger charge is 2.22. The summed E-state index contributed by atoms with van der Waals surface area (Å²) in [7, 11) is -0.654. The van der Waals surface area contributed by atoms with E-state index in [1.807, 2.05) is 33.8 Å². The fourth-order valence-electron chi connectivity index (χ4n) is 1.47. The molecule has 19 heavy (non-hydrogen) atoms. The average molecular weight is 283 g/mol. The number of rotatable bonds is 3. The first kappa shape index (κ1) is 16.0. The maximum atomic E-state index is 11.9. The van der Waals surface area contributed by atoms with Crippen LogP contribution in [0.4, 0.5) is 5.82 Å². The predicted octanol–water partition coefficient (Wildman–Crippen LogP) is 2.96. The summed E-state index contributed by atoms with van der Waals surface area (Å²) in [6.45, 7) is 7.60. The molecule has 0 bridgehead atoms. The normalized spacial score (nSPS) is 13.2. The first-order valence-corrected chi connectivity index (χ1v) is 9.32. The summed E-state index contributed by atoms with van der Waals surface area (Å²) in [6, 6.07) is 1.95. The quantitative estimate of drug-likeness (QED) is 0.928. The Morgan fingerprint density at radius 1 is 1.26 bits per heavy atom. The monoisotopic (exact) mass is 283 g/mol. The van der Waals surface area contributed by atoms with Crippen LogP contribution < -0.4 is 5.32 Å². The van der Waals surface area contributed by atoms with Crippen molar-refractivity contribution in [2.45, 2.75) is 33.4 Å². The highest BCUT2D eigenvalue weighted by Crippen LogP contribution is 2.39. The summed E-state index contributed by atoms with van der Waals surface area (Å²) in [5, 5.41) is 11.0. The van der Waals surface area contributed by atoms with Gasteiger partial charge in [-0.15, -0.1) is 5.10 Å². The lowest BCUT2D eigenvalue weighted by atomic mass is 9.96. The van der Waals surface area contributed by atoms with Crippen molar-refractivity contribution in [1.29, 1.82) is 0 Å². The van der Waals surface area contributed by atoms with Gasteiger partial charge in [0.15, 0.2) is 5.82 Å². The van der Waals surface area contributed by atoms with Crippen LogP contribution in [0.1, 0.15) is 32.0 Å². The second kappa shape index (κ2) is 5.49. The van der Waals surface area contributed by atoms with E-state index in [-0.39, 0.29) is 5.91 Å². The van der Waals surface area contributed by atoms with Gasteiger partial charge in [-0.3, -0.25) is 4.79 Å². The van der Waals surface area contributed by atoms with Gasteiger partial charge in [0.25, 0.3) is 0 Å². The standard InChI is InChI=1S/C14H25N3OS/c1-10-11(9-19(5,6)7)8-12(17-16-10)15-13(18)14(2,3)4/h8H,9H2,1-7H3,(H,15,17,18). The number of nitrogens with zero attached hydrogens (tertiary/aromatic N) is 2. The van der Waals surface area contributed by atoms with Crippen LogP contribution in [0.3, 0.4) is 0 Å². The predicted molar refractivity (Wildman–Crippen MR) is 83.9 cm³/mol. The topological polar surface area (TPSA) is 54.9 Å². The van der Waals surface area contributed by atoms with Crippen molar-refractivity contribution in [1.82, 2.24) is 10.2 Å². The van der Waals surface area contributed by atoms with Gasteiger partial charge in [0.05, 0.1) is 5.69 Å². The molecule has 1 aromatic rings. The summed E-state index contributed by atoms with van der Waals surface area (Å²) >= 11 is 0. The molecule has 0 saturated heterocycles. The van der Waals surface area contributed by atoms with Gasteiger partial charge < -0.3 is 5.32 Å². The summed E-state index contributed by atoms with van der Waals surface area (Å²) in [4.78, 5) is 11.9. The molecule has 0 unspecified atom stereocenters. The Hall–Kier alpha value is -1.10. The smallest absolute Gasteiger partial charge is 0.230 e. The highest BCUT2D eigenvalue weighted by molar-refractivity contribution is 8.31. The van der Waals surface area contributed by atoms with Gasteiger partial charge in [0, 0.05) is 11.2 Å². The van der Waals surface area contributed by atoms with Gasteiger partial charge in [-0.25, -0.2) is 10.0 Å². The molecule has 0 aliphatic carbocycles. The number of nitrogens with one attached hydrogen (secondary N) is 1. The molecular formula is C14H25N3OS. The minimum Gasteiger partial charge on any atom is -0.309 e. The second-order valence-corrected chi connectivity index (χ2v) is 11.2. The van der Waals surface area contributed by atoms with Crippen molar-refractivity contribution in [3.05, 3.63) is 17.3 Å². The molecule has 5 heteroatoms. The molecule has 0 atom stereocenters. The van der Waals surface area contributed by atoms with Crippen LogP contribution in [0.25, 0.3) is 0 Å². The molecule has 108 valence electrons. The van der Waals surface area contributed by atoms with E-state index < -0.39 is 15.4 Å². The number of hydrogen-bond donors (Lipinski definition) is 1. The van der Waals surface area contributed by atoms with Crippen molar-refractivity contribution in [2.24, 2.45) is 5.41 Å². The fourth-order valence-corrected chi connectivity index (χ4v) is 2.69. The molecule has 1 heterocycles. The minimum absolute atomic E-state index is 0.0419. The van der Waals surface area contributed by atoms with Crippen molar-refractivity contribution in [3.8, 4) is 0 Å². The van der Waals surface area contributed by atoms with Crippen LogP contribution in [0.5, 0.6) is 0 Å². The molecule has 0 aliphatic rings. The average Bonchev–Trinajstić information content (AvgIpc) is 2.19. The molecule has 0 saturated carbocycles. The minimum atomic E-state index is -0.654. The lowest BCUT2D eigenvalue weighted by Gasteiger charge is -2.26. The first-order valence-electron chi connectivity index (χ1n) is 6.30. The largest absolute Gasteiger partial charge is 0.309 e. The van der Waals surface area contributed by atoms with Crippen LogP contribution in [-0.2, 0) is 10.5 Å². The Labute approximate surface area is 117 Å². The van der Waals surface area contributed by atoms with E-state index >= 15 is 0 Å². The summed E-state index contributed by atoms with van der Waals surface area (Å²) in [5.74, 6) is 1.50. The van der Waals surface area contributed by atoms with E-state index in [1.165, 1.54) is 5.56 Å². The van der Waals surface area contributed by atoms with Crippen LogP contribution in [-0.4, -0.2) is 34.9 Å². The highest BCUT2D eigenvalue weighted by atomic mass is 32.3. The van der Waals surface area contributed by atoms with Crippen molar-refractivity contribution in [2.75, 3.05) is 24.1 Å². The lowest BCUT2D eigenvalue weighted by Crippen LogP contribution is -2.28. The van der Waals surface area contributed by atoms with Crippen molar-refractivity contribution < 1.29 is 4.79 Å². The Morgan fingerprint density at radius 2 is 1.84 bits per heavy atom. The lowest BCUT2D eigenvalue weighted by molar-refractivity contribution is -0.123. The zero-order valence-corrected chi connectivity index (χ0v) is 13.8. The molecular weight excluding hydrogens is 258 g/mol. The van der Waals surface area contributed by atoms with Crippen LogP contribution in [0, 0.1) is 12.3 Å². The molecule has 0 aromatic carbocycles. The molecule has 1 rings (SSSR count). The molecule has 0 aliphatic heterocycles. The van der Waals surface area contributed by atoms with Gasteiger partial charge in [-0.2, -0.15) is 5.10 Å². The maximum absolute atomic E-state index is 11.9. The van der Waals surface area contributed by atoms with Crippen LogP contribution in [0.2, 0.25) is 0 Å². The number of carbonyl (C=O) groups excluding carboxylic acids is 1. The molecule has 0 fully saturated rings. The zero-order chi connectivity index (χ0) is 14.8. The van der Waals surface area contributed by atoms with Gasteiger partial charge >= 0.3 is 0 Å². The van der Waals surface area contributed by atoms with Crippen LogP contribution in [0.15, 0.2) is 6.07 Å². The molecule has 1 amide bonds. The third-order valence-corrected chi connectivity index (χ3v) is 3.77. The Bertz CT molecular complexity index is 473. The zero-order valence-electron chi connectivity index (χ0n) is 13.0. The molecule has 0 radical (unpaired) electrons. The van der Waals surface area contributed by atoms with E-state index in [4.69, 9.17) is 0 Å². The number of hydrogen-bond acceptors (Lipinski definition) is 3. The Kier molecular flexibility index (Phi) is 4.61. The van der Waals surface area contributed by atoms with Crippen molar-refractivity contribution >= 4 is 21.8 Å². The first-order chi connectivity index (χ1) is 8.49. The SMILES string of the molecule is Cc1nnc(NC(=O)C(C)(C)C)cc1CS(C)(C)C. The van der Waals surface area contributed by atoms with Gasteiger partial charge in [0.1, 0.15) is 0 Å². The Morgan fingerprint density at radius 3 is 2.32 bits per heavy atom. The van der Waals surface area contributed by atoms with E-state index in [2.05, 4.69) is 34.3 Å². The van der Waals surface area contributed by atoms with Crippen LogP contribution >= 0.6 is 10.0 Å². The third kappa shape index (κ3) is 5.19. The number of aryl methyl sites for hydroxylation is 1. The molecule has 1 N–H and O–H groups in total. The number of carbonyl (C=O) groups is 1. The van der Waals surface area contributed by atoms with Crippen molar-refractivity contribution in [3.63, 3.8) is 0 Å². The maximum Gasteiger partial charge on any atom is 0.230 e. The van der Waals surface area contributed by atoms with E-state index in [0.29, 0.717) is 5.82 Å². The fraction of sp³-hybridized carbons (Fsp3) is 0.643. The van der Waals surface area contributed by atoms with E-state index in [9.17, 15) is 4.79 Å². The molecule has 0 spiro atoms. The number of aromatic nitrogens is 2. The van der Waals surface area contributed by atoms with Gasteiger partial charge in [0.2, 0.25) is 5.91 Å².